The van der Waals surface area contributed by atoms with E-state index >= 15 is 0 Å². The zero-order valence-electron chi connectivity index (χ0n) is 16.6. The number of benzene rings is 1. The lowest BCUT2D eigenvalue weighted by Crippen LogP contribution is -3.06. The molecule has 1 saturated heterocycles. The van der Waals surface area contributed by atoms with Gasteiger partial charge in [0.15, 0.2) is 0 Å². The average Bonchev–Trinajstić information content (AvgIpc) is 3.32. The molecule has 1 fully saturated rings. The van der Waals surface area contributed by atoms with E-state index < -0.39 is 17.7 Å². The molecule has 2 N–H and O–H groups in total. The fourth-order valence-electron chi connectivity index (χ4n) is 3.22. The summed E-state index contributed by atoms with van der Waals surface area (Å²) >= 11 is 0. The minimum absolute atomic E-state index is 0.0264. The van der Waals surface area contributed by atoms with Crippen molar-refractivity contribution in [3.8, 4) is 5.75 Å². The first kappa shape index (κ1) is 20.4. The molecule has 1 aromatic heterocycles. The number of likely N-dealkylation sites (tertiary alicyclic amines) is 1. The number of ketones is 1. The van der Waals surface area contributed by atoms with Crippen LogP contribution in [0.3, 0.4) is 0 Å². The van der Waals surface area contributed by atoms with Crippen LogP contribution in [-0.4, -0.2) is 55.5 Å². The Morgan fingerprint density at radius 2 is 2.00 bits per heavy atom. The number of quaternary nitrogens is 1. The number of hydrogen-bond acceptors (Lipinski definition) is 5. The highest BCUT2D eigenvalue weighted by atomic mass is 16.5. The second kappa shape index (κ2) is 8.79. The molecular weight excluding hydrogens is 372 g/mol. The lowest BCUT2D eigenvalue weighted by atomic mass is 9.99. The highest BCUT2D eigenvalue weighted by molar-refractivity contribution is 6.46. The summed E-state index contributed by atoms with van der Waals surface area (Å²) in [5, 5.41) is 10.9. The van der Waals surface area contributed by atoms with Gasteiger partial charge < -0.3 is 24.1 Å². The number of likely N-dealkylation sites (N-methyl/N-ethyl adjacent to an activating group) is 1. The molecule has 2 heterocycles. The van der Waals surface area contributed by atoms with Crippen molar-refractivity contribution < 1.29 is 28.7 Å². The summed E-state index contributed by atoms with van der Waals surface area (Å²) in [5.74, 6) is -0.548. The number of nitrogens with one attached hydrogen (secondary N) is 1. The third-order valence-corrected chi connectivity index (χ3v) is 4.70. The van der Waals surface area contributed by atoms with Gasteiger partial charge in [-0.1, -0.05) is 12.7 Å². The zero-order chi connectivity index (χ0) is 21.0. The number of Topliss-reactive ketones (excluding diaryl/α,β-unsaturated/α-hetero) is 1. The Hall–Kier alpha value is -3.32. The SMILES string of the molecule is C=CCOc1ccc(C(O)=C2C(=O)C(=O)N(CC[NH+](C)C)[C@H]2c2ccco2)cc1. The predicted octanol–water partition coefficient (Wildman–Crippen LogP) is 1.41. The number of rotatable bonds is 8. The highest BCUT2D eigenvalue weighted by Gasteiger charge is 2.47. The van der Waals surface area contributed by atoms with Crippen molar-refractivity contribution >= 4 is 17.4 Å². The van der Waals surface area contributed by atoms with Gasteiger partial charge in [0.2, 0.25) is 0 Å². The maximum atomic E-state index is 12.8. The van der Waals surface area contributed by atoms with Crippen LogP contribution < -0.4 is 9.64 Å². The van der Waals surface area contributed by atoms with Gasteiger partial charge in [-0.05, 0) is 36.4 Å². The maximum Gasteiger partial charge on any atom is 0.295 e. The predicted molar refractivity (Wildman–Crippen MR) is 108 cm³/mol. The fourth-order valence-corrected chi connectivity index (χ4v) is 3.22. The lowest BCUT2D eigenvalue weighted by Gasteiger charge is -2.23. The van der Waals surface area contributed by atoms with Crippen LogP contribution >= 0.6 is 0 Å². The number of hydrogen-bond donors (Lipinski definition) is 2. The smallest absolute Gasteiger partial charge is 0.295 e. The van der Waals surface area contributed by atoms with Gasteiger partial charge in [-0.25, -0.2) is 0 Å². The molecule has 2 aromatic rings. The van der Waals surface area contributed by atoms with Crippen molar-refractivity contribution in [3.63, 3.8) is 0 Å². The molecular formula is C22H25N2O5+. The standard InChI is InChI=1S/C22H24N2O5/c1-4-13-28-16-9-7-15(8-10-16)20(25)18-19(17-6-5-14-29-17)24(12-11-23(2)3)22(27)21(18)26/h4-10,14,19,25H,1,11-13H2,2-3H3/p+1/t19-/m0/s1. The van der Waals surface area contributed by atoms with E-state index in [2.05, 4.69) is 6.58 Å². The topological polar surface area (TPSA) is 84.4 Å². The monoisotopic (exact) mass is 397 g/mol. The Balaban J connectivity index is 2.00. The van der Waals surface area contributed by atoms with Gasteiger partial charge in [0, 0.05) is 5.56 Å². The Labute approximate surface area is 169 Å². The molecule has 0 spiro atoms. The molecule has 0 saturated carbocycles. The molecule has 7 heteroatoms. The van der Waals surface area contributed by atoms with Crippen molar-refractivity contribution in [2.75, 3.05) is 33.8 Å². The second-order valence-electron chi connectivity index (χ2n) is 7.09. The van der Waals surface area contributed by atoms with E-state index in [0.717, 1.165) is 4.90 Å². The summed E-state index contributed by atoms with van der Waals surface area (Å²) in [6.45, 7) is 4.98. The summed E-state index contributed by atoms with van der Waals surface area (Å²) in [5.41, 5.74) is 0.446. The van der Waals surface area contributed by atoms with Gasteiger partial charge in [-0.15, -0.1) is 0 Å². The first-order valence-electron chi connectivity index (χ1n) is 9.39. The van der Waals surface area contributed by atoms with Crippen LogP contribution in [0.4, 0.5) is 0 Å². The molecule has 1 aliphatic heterocycles. The van der Waals surface area contributed by atoms with Crippen molar-refractivity contribution in [2.24, 2.45) is 0 Å². The summed E-state index contributed by atoms with van der Waals surface area (Å²) in [7, 11) is 3.93. The van der Waals surface area contributed by atoms with E-state index in [1.54, 1.807) is 42.5 Å². The van der Waals surface area contributed by atoms with Crippen molar-refractivity contribution in [3.05, 3.63) is 72.2 Å². The van der Waals surface area contributed by atoms with E-state index in [-0.39, 0.29) is 11.3 Å². The normalized spacial score (nSPS) is 18.4. The average molecular weight is 397 g/mol. The molecule has 0 unspecified atom stereocenters. The number of carbonyl (C=O) groups is 2. The quantitative estimate of drug-likeness (QED) is 0.305. The van der Waals surface area contributed by atoms with E-state index in [4.69, 9.17) is 9.15 Å². The Kier molecular flexibility index (Phi) is 6.19. The maximum absolute atomic E-state index is 12.8. The van der Waals surface area contributed by atoms with Crippen LogP contribution in [0, 0.1) is 0 Å². The summed E-state index contributed by atoms with van der Waals surface area (Å²) in [6.07, 6.45) is 3.12. The molecule has 1 atom stereocenters. The van der Waals surface area contributed by atoms with Gasteiger partial charge in [0.1, 0.15) is 29.9 Å². The number of amides is 1. The van der Waals surface area contributed by atoms with E-state index in [0.29, 0.717) is 36.8 Å². The Morgan fingerprint density at radius 1 is 1.28 bits per heavy atom. The third kappa shape index (κ3) is 4.25. The number of aliphatic hydroxyl groups is 1. The molecule has 0 bridgehead atoms. The van der Waals surface area contributed by atoms with Gasteiger partial charge in [0.05, 0.1) is 39.0 Å². The number of nitrogens with zero attached hydrogens (tertiary/aromatic N) is 1. The van der Waals surface area contributed by atoms with Gasteiger partial charge in [-0.3, -0.25) is 9.59 Å². The van der Waals surface area contributed by atoms with Gasteiger partial charge in [-0.2, -0.15) is 0 Å². The van der Waals surface area contributed by atoms with E-state index in [1.165, 1.54) is 11.2 Å². The Morgan fingerprint density at radius 3 is 2.59 bits per heavy atom. The molecule has 1 aliphatic rings. The molecule has 29 heavy (non-hydrogen) atoms. The summed E-state index contributed by atoms with van der Waals surface area (Å²) in [4.78, 5) is 28.1. The number of carbonyl (C=O) groups excluding carboxylic acids is 2. The zero-order valence-corrected chi connectivity index (χ0v) is 16.6. The highest BCUT2D eigenvalue weighted by Crippen LogP contribution is 2.39. The van der Waals surface area contributed by atoms with Crippen LogP contribution in [0.25, 0.3) is 5.76 Å². The molecule has 0 radical (unpaired) electrons. The van der Waals surface area contributed by atoms with Crippen LogP contribution in [0.15, 0.2) is 65.3 Å². The molecule has 1 amide bonds. The van der Waals surface area contributed by atoms with E-state index in [9.17, 15) is 14.7 Å². The molecule has 1 aromatic carbocycles. The molecule has 0 aliphatic carbocycles. The Bertz CT molecular complexity index is 913. The van der Waals surface area contributed by atoms with Crippen LogP contribution in [-0.2, 0) is 9.59 Å². The first-order chi connectivity index (χ1) is 13.9. The second-order valence-corrected chi connectivity index (χ2v) is 7.09. The third-order valence-electron chi connectivity index (χ3n) is 4.70. The molecule has 3 rings (SSSR count). The first-order valence-corrected chi connectivity index (χ1v) is 9.39. The lowest BCUT2D eigenvalue weighted by molar-refractivity contribution is -0.857. The van der Waals surface area contributed by atoms with E-state index in [1.807, 2.05) is 14.1 Å². The summed E-state index contributed by atoms with van der Waals surface area (Å²) < 4.78 is 10.9. The molecule has 7 nitrogen and oxygen atoms in total. The summed E-state index contributed by atoms with van der Waals surface area (Å²) in [6, 6.07) is 9.29. The fraction of sp³-hybridized carbons (Fsp3) is 0.273. The minimum atomic E-state index is -0.763. The van der Waals surface area contributed by atoms with Gasteiger partial charge in [0.25, 0.3) is 11.7 Å². The minimum Gasteiger partial charge on any atom is -0.507 e. The van der Waals surface area contributed by atoms with Crippen molar-refractivity contribution in [1.82, 2.24) is 4.90 Å². The molecule has 152 valence electrons. The largest absolute Gasteiger partial charge is 0.507 e. The van der Waals surface area contributed by atoms with Crippen LogP contribution in [0.5, 0.6) is 5.75 Å². The van der Waals surface area contributed by atoms with Crippen molar-refractivity contribution in [2.45, 2.75) is 6.04 Å². The van der Waals surface area contributed by atoms with Crippen molar-refractivity contribution in [1.29, 1.82) is 0 Å². The van der Waals surface area contributed by atoms with Crippen LogP contribution in [0.2, 0.25) is 0 Å². The van der Waals surface area contributed by atoms with Crippen LogP contribution in [0.1, 0.15) is 17.4 Å². The number of aliphatic hydroxyl groups excluding tert-OH is 1. The van der Waals surface area contributed by atoms with Gasteiger partial charge >= 0.3 is 0 Å². The number of furan rings is 1. The number of ether oxygens (including phenoxy) is 1.